The van der Waals surface area contributed by atoms with Gasteiger partial charge in [0.1, 0.15) is 0 Å². The standard InChI is InChI=1S/C22H23N5O4S/c1-21(9-10-21)19(28)24-15-5-7-16(8-6-15)27-32(29,30)17-4-2-3-14(13-17)18-25-20(31-26-18)22(23)11-12-22/h2-8,13,27H,9-12,23H2,1H3,(H,24,28). The molecule has 1 aromatic heterocycles. The molecule has 2 aromatic carbocycles. The summed E-state index contributed by atoms with van der Waals surface area (Å²) in [6.45, 7) is 1.92. The summed E-state index contributed by atoms with van der Waals surface area (Å²) >= 11 is 0. The van der Waals surface area contributed by atoms with Crippen molar-refractivity contribution in [3.05, 3.63) is 54.4 Å². The number of sulfonamides is 1. The van der Waals surface area contributed by atoms with Crippen LogP contribution in [-0.4, -0.2) is 24.5 Å². The number of aromatic nitrogens is 2. The first kappa shape index (κ1) is 20.7. The van der Waals surface area contributed by atoms with E-state index in [1.54, 1.807) is 36.4 Å². The number of carbonyl (C=O) groups is 1. The largest absolute Gasteiger partial charge is 0.337 e. The van der Waals surface area contributed by atoms with Crippen LogP contribution in [-0.2, 0) is 20.4 Å². The average molecular weight is 454 g/mol. The summed E-state index contributed by atoms with van der Waals surface area (Å²) in [7, 11) is -3.85. The molecule has 2 saturated carbocycles. The van der Waals surface area contributed by atoms with Crippen LogP contribution in [0.3, 0.4) is 0 Å². The van der Waals surface area contributed by atoms with Gasteiger partial charge in [0.05, 0.1) is 10.4 Å². The number of anilines is 2. The quantitative estimate of drug-likeness (QED) is 0.499. The lowest BCUT2D eigenvalue weighted by Crippen LogP contribution is -2.21. The number of benzene rings is 2. The molecule has 3 aromatic rings. The molecular formula is C22H23N5O4S. The Bertz CT molecular complexity index is 1290. The Kier molecular flexibility index (Phi) is 4.61. The molecule has 0 radical (unpaired) electrons. The van der Waals surface area contributed by atoms with Gasteiger partial charge in [-0.1, -0.05) is 24.2 Å². The van der Waals surface area contributed by atoms with Gasteiger partial charge in [0, 0.05) is 22.4 Å². The normalized spacial score (nSPS) is 18.1. The summed E-state index contributed by atoms with van der Waals surface area (Å²) in [6, 6.07) is 12.8. The first-order chi connectivity index (χ1) is 15.2. The molecule has 32 heavy (non-hydrogen) atoms. The van der Waals surface area contributed by atoms with Crippen LogP contribution in [0.1, 0.15) is 38.5 Å². The summed E-state index contributed by atoms with van der Waals surface area (Å²) in [5.41, 5.74) is 6.75. The number of hydrogen-bond acceptors (Lipinski definition) is 7. The van der Waals surface area contributed by atoms with Gasteiger partial charge in [-0.2, -0.15) is 4.98 Å². The molecule has 10 heteroatoms. The minimum absolute atomic E-state index is 0.0190. The second-order valence-corrected chi connectivity index (χ2v) is 10.5. The van der Waals surface area contributed by atoms with E-state index in [9.17, 15) is 13.2 Å². The molecule has 166 valence electrons. The van der Waals surface area contributed by atoms with E-state index >= 15 is 0 Å². The van der Waals surface area contributed by atoms with Crippen molar-refractivity contribution in [3.63, 3.8) is 0 Å². The van der Waals surface area contributed by atoms with Crippen molar-refractivity contribution in [1.29, 1.82) is 0 Å². The van der Waals surface area contributed by atoms with Crippen LogP contribution in [0.25, 0.3) is 11.4 Å². The number of carbonyl (C=O) groups excluding carboxylic acids is 1. The van der Waals surface area contributed by atoms with Gasteiger partial charge in [0.25, 0.3) is 10.0 Å². The molecule has 5 rings (SSSR count). The molecule has 2 aliphatic rings. The average Bonchev–Trinajstić information content (AvgIpc) is 3.65. The van der Waals surface area contributed by atoms with Gasteiger partial charge in [0.2, 0.25) is 17.6 Å². The van der Waals surface area contributed by atoms with E-state index in [1.807, 2.05) is 6.92 Å². The molecule has 0 spiro atoms. The summed E-state index contributed by atoms with van der Waals surface area (Å²) in [6.07, 6.45) is 3.34. The smallest absolute Gasteiger partial charge is 0.261 e. The Morgan fingerprint density at radius 2 is 1.75 bits per heavy atom. The Labute approximate surface area is 185 Å². The summed E-state index contributed by atoms with van der Waals surface area (Å²) in [5, 5.41) is 6.80. The van der Waals surface area contributed by atoms with Crippen LogP contribution in [0.15, 0.2) is 57.9 Å². The van der Waals surface area contributed by atoms with E-state index in [1.165, 1.54) is 12.1 Å². The number of nitrogens with zero attached hydrogens (tertiary/aromatic N) is 2. The number of nitrogens with two attached hydrogens (primary N) is 1. The van der Waals surface area contributed by atoms with Gasteiger partial charge in [0.15, 0.2) is 0 Å². The number of amides is 1. The maximum atomic E-state index is 12.9. The lowest BCUT2D eigenvalue weighted by atomic mass is 10.1. The van der Waals surface area contributed by atoms with Gasteiger partial charge in [-0.05, 0) is 62.1 Å². The molecule has 2 fully saturated rings. The lowest BCUT2D eigenvalue weighted by Gasteiger charge is -2.12. The summed E-state index contributed by atoms with van der Waals surface area (Å²) in [4.78, 5) is 16.5. The highest BCUT2D eigenvalue weighted by Gasteiger charge is 2.46. The third-order valence-corrected chi connectivity index (χ3v) is 7.37. The van der Waals surface area contributed by atoms with Crippen LogP contribution in [0, 0.1) is 5.41 Å². The van der Waals surface area contributed by atoms with Crippen molar-refractivity contribution in [2.24, 2.45) is 11.1 Å². The zero-order valence-corrected chi connectivity index (χ0v) is 18.3. The Balaban J connectivity index is 1.31. The van der Waals surface area contributed by atoms with Crippen LogP contribution in [0.2, 0.25) is 0 Å². The van der Waals surface area contributed by atoms with Gasteiger partial charge in [-0.15, -0.1) is 0 Å². The fourth-order valence-electron chi connectivity index (χ4n) is 3.23. The molecule has 0 atom stereocenters. The van der Waals surface area contributed by atoms with Crippen molar-refractivity contribution in [2.75, 3.05) is 10.0 Å². The Hall–Kier alpha value is -3.24. The maximum absolute atomic E-state index is 12.9. The second kappa shape index (κ2) is 7.14. The monoisotopic (exact) mass is 453 g/mol. The van der Waals surface area contributed by atoms with Gasteiger partial charge in [-0.25, -0.2) is 8.42 Å². The topological polar surface area (TPSA) is 140 Å². The summed E-state index contributed by atoms with van der Waals surface area (Å²) in [5.74, 6) is 0.634. The highest BCUT2D eigenvalue weighted by Crippen LogP contribution is 2.45. The van der Waals surface area contributed by atoms with Crippen molar-refractivity contribution < 1.29 is 17.7 Å². The van der Waals surface area contributed by atoms with E-state index in [0.717, 1.165) is 25.7 Å². The third kappa shape index (κ3) is 3.98. The minimum atomic E-state index is -3.85. The Morgan fingerprint density at radius 3 is 2.41 bits per heavy atom. The number of nitrogens with one attached hydrogen (secondary N) is 2. The fourth-order valence-corrected chi connectivity index (χ4v) is 4.33. The van der Waals surface area contributed by atoms with Crippen LogP contribution < -0.4 is 15.8 Å². The first-order valence-electron chi connectivity index (χ1n) is 10.3. The highest BCUT2D eigenvalue weighted by atomic mass is 32.2. The number of rotatable bonds is 7. The zero-order valence-electron chi connectivity index (χ0n) is 17.5. The highest BCUT2D eigenvalue weighted by molar-refractivity contribution is 7.92. The van der Waals surface area contributed by atoms with Crippen molar-refractivity contribution >= 4 is 27.3 Å². The molecule has 4 N–H and O–H groups in total. The molecule has 0 aliphatic heterocycles. The first-order valence-corrected chi connectivity index (χ1v) is 11.8. The fraction of sp³-hybridized carbons (Fsp3) is 0.318. The van der Waals surface area contributed by atoms with Crippen molar-refractivity contribution in [1.82, 2.24) is 10.1 Å². The maximum Gasteiger partial charge on any atom is 0.261 e. The molecule has 1 heterocycles. The molecule has 0 bridgehead atoms. The van der Waals surface area contributed by atoms with Crippen molar-refractivity contribution in [3.8, 4) is 11.4 Å². The molecule has 9 nitrogen and oxygen atoms in total. The van der Waals surface area contributed by atoms with Crippen molar-refractivity contribution in [2.45, 2.75) is 43.0 Å². The molecular weight excluding hydrogens is 430 g/mol. The Morgan fingerprint density at radius 1 is 1.06 bits per heavy atom. The zero-order chi connectivity index (χ0) is 22.6. The third-order valence-electron chi connectivity index (χ3n) is 5.99. The molecule has 0 unspecified atom stereocenters. The SMILES string of the molecule is CC1(C(=O)Nc2ccc(NS(=O)(=O)c3cccc(-c4noc(C5(N)CC5)n4)c3)cc2)CC1. The van der Waals surface area contributed by atoms with E-state index < -0.39 is 15.6 Å². The van der Waals surface area contributed by atoms with Crippen LogP contribution in [0.4, 0.5) is 11.4 Å². The van der Waals surface area contributed by atoms with E-state index in [4.69, 9.17) is 10.3 Å². The van der Waals surface area contributed by atoms with Crippen LogP contribution >= 0.6 is 0 Å². The minimum Gasteiger partial charge on any atom is -0.337 e. The van der Waals surface area contributed by atoms with Gasteiger partial charge >= 0.3 is 0 Å². The molecule has 1 amide bonds. The van der Waals surface area contributed by atoms with E-state index in [2.05, 4.69) is 20.2 Å². The number of hydrogen-bond donors (Lipinski definition) is 3. The lowest BCUT2D eigenvalue weighted by molar-refractivity contribution is -0.120. The van der Waals surface area contributed by atoms with Crippen LogP contribution in [0.5, 0.6) is 0 Å². The van der Waals surface area contributed by atoms with Gasteiger partial charge < -0.3 is 15.6 Å². The van der Waals surface area contributed by atoms with E-state index in [0.29, 0.717) is 28.7 Å². The van der Waals surface area contributed by atoms with Gasteiger partial charge in [-0.3, -0.25) is 9.52 Å². The van der Waals surface area contributed by atoms with E-state index in [-0.39, 0.29) is 16.2 Å². The second-order valence-electron chi connectivity index (χ2n) is 8.80. The molecule has 2 aliphatic carbocycles. The predicted octanol–water partition coefficient (Wildman–Crippen LogP) is 3.22. The predicted molar refractivity (Wildman–Crippen MR) is 118 cm³/mol. The summed E-state index contributed by atoms with van der Waals surface area (Å²) < 4.78 is 33.6. The molecule has 0 saturated heterocycles.